The molecule has 1 nitrogen and oxygen atoms in total. The Morgan fingerprint density at radius 3 is 2.45 bits per heavy atom. The maximum Gasteiger partial charge on any atom is 0.115 e. The molecular weight excluding hydrogens is 244 g/mol. The van der Waals surface area contributed by atoms with Crippen LogP contribution >= 0.6 is 0 Å². The van der Waals surface area contributed by atoms with Gasteiger partial charge in [0.05, 0.1) is 0 Å². The lowest BCUT2D eigenvalue weighted by molar-refractivity contribution is 0.345. The highest BCUT2D eigenvalue weighted by Gasteiger charge is 2.20. The van der Waals surface area contributed by atoms with Crippen LogP contribution in [0.2, 0.25) is 0 Å². The Bertz CT molecular complexity index is 362. The third kappa shape index (κ3) is 5.19. The summed E-state index contributed by atoms with van der Waals surface area (Å²) in [6.07, 6.45) is 13.9. The fraction of sp³-hybridized carbons (Fsp3) is 0.684. The summed E-state index contributed by atoms with van der Waals surface area (Å²) in [6.45, 7) is 2.28. The van der Waals surface area contributed by atoms with E-state index in [4.69, 9.17) is 0 Å². The predicted molar refractivity (Wildman–Crippen MR) is 86.0 cm³/mol. The van der Waals surface area contributed by atoms with Crippen LogP contribution in [0.4, 0.5) is 0 Å². The van der Waals surface area contributed by atoms with Gasteiger partial charge in [0.2, 0.25) is 0 Å². The number of phenolic OH excluding ortho intramolecular Hbond substituents is 1. The van der Waals surface area contributed by atoms with Crippen molar-refractivity contribution >= 4 is 0 Å². The number of phenols is 1. The van der Waals surface area contributed by atoms with Gasteiger partial charge in [0.25, 0.3) is 0 Å². The number of hydrogen-bond acceptors (Lipinski definition) is 1. The van der Waals surface area contributed by atoms with Gasteiger partial charge in [-0.1, -0.05) is 70.4 Å². The fourth-order valence-corrected chi connectivity index (χ4v) is 3.67. The van der Waals surface area contributed by atoms with Crippen molar-refractivity contribution in [3.05, 3.63) is 29.8 Å². The molecule has 0 spiro atoms. The molecule has 1 fully saturated rings. The molecule has 0 radical (unpaired) electrons. The van der Waals surface area contributed by atoms with Crippen LogP contribution in [0.3, 0.4) is 0 Å². The van der Waals surface area contributed by atoms with Crippen LogP contribution in [0.5, 0.6) is 5.75 Å². The molecule has 0 saturated heterocycles. The van der Waals surface area contributed by atoms with Crippen LogP contribution in [0.15, 0.2) is 24.3 Å². The molecule has 1 unspecified atom stereocenters. The van der Waals surface area contributed by atoms with Gasteiger partial charge in [-0.3, -0.25) is 0 Å². The normalized spacial score (nSPS) is 17.4. The fourth-order valence-electron chi connectivity index (χ4n) is 3.67. The monoisotopic (exact) mass is 274 g/mol. The van der Waals surface area contributed by atoms with Crippen LogP contribution in [-0.2, 0) is 6.42 Å². The lowest BCUT2D eigenvalue weighted by Crippen LogP contribution is -2.10. The van der Waals surface area contributed by atoms with Gasteiger partial charge in [0.15, 0.2) is 0 Å². The van der Waals surface area contributed by atoms with Gasteiger partial charge < -0.3 is 5.11 Å². The first kappa shape index (κ1) is 15.4. The Hall–Kier alpha value is -0.980. The summed E-state index contributed by atoms with van der Waals surface area (Å²) in [6, 6.07) is 7.84. The molecule has 1 aromatic rings. The van der Waals surface area contributed by atoms with E-state index in [1.165, 1.54) is 69.8 Å². The van der Waals surface area contributed by atoms with Gasteiger partial charge in [-0.25, -0.2) is 0 Å². The van der Waals surface area contributed by atoms with Crippen LogP contribution < -0.4 is 0 Å². The standard InChI is InChI=1S/C19H30O/c1-2-3-4-9-18(14-16-7-5-6-8-16)15-17-10-12-19(20)13-11-17/h10-13,16,18,20H,2-9,14-15H2,1H3. The van der Waals surface area contributed by atoms with E-state index in [9.17, 15) is 5.11 Å². The Balaban J connectivity index is 1.88. The zero-order valence-corrected chi connectivity index (χ0v) is 13.0. The van der Waals surface area contributed by atoms with Gasteiger partial charge in [0.1, 0.15) is 5.75 Å². The van der Waals surface area contributed by atoms with E-state index in [2.05, 4.69) is 19.1 Å². The summed E-state index contributed by atoms with van der Waals surface area (Å²) in [4.78, 5) is 0. The third-order valence-electron chi connectivity index (χ3n) is 4.82. The van der Waals surface area contributed by atoms with Crippen molar-refractivity contribution in [3.63, 3.8) is 0 Å². The van der Waals surface area contributed by atoms with Crippen molar-refractivity contribution in [2.24, 2.45) is 11.8 Å². The molecule has 1 saturated carbocycles. The molecule has 112 valence electrons. The van der Waals surface area contributed by atoms with Gasteiger partial charge in [-0.05, 0) is 42.4 Å². The molecule has 20 heavy (non-hydrogen) atoms. The maximum absolute atomic E-state index is 9.39. The van der Waals surface area contributed by atoms with Crippen LogP contribution in [-0.4, -0.2) is 5.11 Å². The number of aromatic hydroxyl groups is 1. The summed E-state index contributed by atoms with van der Waals surface area (Å²) in [7, 11) is 0. The van der Waals surface area contributed by atoms with Crippen molar-refractivity contribution in [2.45, 2.75) is 71.1 Å². The summed E-state index contributed by atoms with van der Waals surface area (Å²) in [5.41, 5.74) is 1.39. The molecule has 0 bridgehead atoms. The quantitative estimate of drug-likeness (QED) is 0.602. The molecule has 1 aliphatic carbocycles. The second-order valence-corrected chi connectivity index (χ2v) is 6.62. The molecule has 1 aromatic carbocycles. The van der Waals surface area contributed by atoms with E-state index in [0.29, 0.717) is 5.75 Å². The van der Waals surface area contributed by atoms with Gasteiger partial charge in [-0.2, -0.15) is 0 Å². The third-order valence-corrected chi connectivity index (χ3v) is 4.82. The Kier molecular flexibility index (Phi) is 6.42. The molecule has 2 rings (SSSR count). The van der Waals surface area contributed by atoms with Crippen LogP contribution in [0.25, 0.3) is 0 Å². The van der Waals surface area contributed by atoms with Gasteiger partial charge in [-0.15, -0.1) is 0 Å². The predicted octanol–water partition coefficient (Wildman–Crippen LogP) is 5.71. The number of benzene rings is 1. The smallest absolute Gasteiger partial charge is 0.115 e. The highest BCUT2D eigenvalue weighted by atomic mass is 16.3. The summed E-state index contributed by atoms with van der Waals surface area (Å²) < 4.78 is 0. The topological polar surface area (TPSA) is 20.2 Å². The van der Waals surface area contributed by atoms with Crippen molar-refractivity contribution < 1.29 is 5.11 Å². The van der Waals surface area contributed by atoms with Crippen molar-refractivity contribution in [1.82, 2.24) is 0 Å². The lowest BCUT2D eigenvalue weighted by atomic mass is 9.85. The molecule has 1 aliphatic rings. The van der Waals surface area contributed by atoms with Crippen molar-refractivity contribution in [2.75, 3.05) is 0 Å². The second kappa shape index (κ2) is 8.34. The Labute approximate surface area is 124 Å². The van der Waals surface area contributed by atoms with Crippen LogP contribution in [0, 0.1) is 11.8 Å². The molecule has 1 heteroatoms. The molecule has 0 heterocycles. The minimum absolute atomic E-state index is 0.382. The molecule has 1 N–H and O–H groups in total. The summed E-state index contributed by atoms with van der Waals surface area (Å²) in [5.74, 6) is 2.21. The molecule has 0 aliphatic heterocycles. The number of unbranched alkanes of at least 4 members (excludes halogenated alkanes) is 2. The SMILES string of the molecule is CCCCCC(Cc1ccc(O)cc1)CC1CCCC1. The lowest BCUT2D eigenvalue weighted by Gasteiger charge is -2.21. The largest absolute Gasteiger partial charge is 0.508 e. The molecular formula is C19H30O. The summed E-state index contributed by atoms with van der Waals surface area (Å²) >= 11 is 0. The average Bonchev–Trinajstić information content (AvgIpc) is 2.94. The first-order chi connectivity index (χ1) is 9.78. The first-order valence-corrected chi connectivity index (χ1v) is 8.56. The first-order valence-electron chi connectivity index (χ1n) is 8.56. The van der Waals surface area contributed by atoms with E-state index < -0.39 is 0 Å². The zero-order valence-electron chi connectivity index (χ0n) is 13.0. The van der Waals surface area contributed by atoms with E-state index in [1.54, 1.807) is 0 Å². The van der Waals surface area contributed by atoms with Crippen molar-refractivity contribution in [3.8, 4) is 5.75 Å². The average molecular weight is 274 g/mol. The van der Waals surface area contributed by atoms with Gasteiger partial charge >= 0.3 is 0 Å². The zero-order chi connectivity index (χ0) is 14.2. The second-order valence-electron chi connectivity index (χ2n) is 6.62. The Morgan fingerprint density at radius 2 is 1.80 bits per heavy atom. The number of rotatable bonds is 8. The molecule has 0 aromatic heterocycles. The molecule has 0 amide bonds. The Morgan fingerprint density at radius 1 is 1.10 bits per heavy atom. The van der Waals surface area contributed by atoms with Gasteiger partial charge in [0, 0.05) is 0 Å². The molecule has 1 atom stereocenters. The summed E-state index contributed by atoms with van der Waals surface area (Å²) in [5, 5.41) is 9.39. The van der Waals surface area contributed by atoms with E-state index in [-0.39, 0.29) is 0 Å². The van der Waals surface area contributed by atoms with Crippen molar-refractivity contribution in [1.29, 1.82) is 0 Å². The highest BCUT2D eigenvalue weighted by Crippen LogP contribution is 2.33. The number of hydrogen-bond donors (Lipinski definition) is 1. The van der Waals surface area contributed by atoms with E-state index >= 15 is 0 Å². The minimum atomic E-state index is 0.382. The van der Waals surface area contributed by atoms with E-state index in [1.807, 2.05) is 12.1 Å². The highest BCUT2D eigenvalue weighted by molar-refractivity contribution is 5.26. The van der Waals surface area contributed by atoms with E-state index in [0.717, 1.165) is 11.8 Å². The van der Waals surface area contributed by atoms with Crippen LogP contribution in [0.1, 0.15) is 70.3 Å². The minimum Gasteiger partial charge on any atom is -0.508 e. The maximum atomic E-state index is 9.39.